The van der Waals surface area contributed by atoms with Gasteiger partial charge in [0.25, 0.3) is 0 Å². The van der Waals surface area contributed by atoms with Crippen molar-refractivity contribution in [2.45, 2.75) is 50.6 Å². The van der Waals surface area contributed by atoms with Gasteiger partial charge in [-0.1, -0.05) is 11.8 Å². The zero-order valence-corrected chi connectivity index (χ0v) is 14.4. The Morgan fingerprint density at radius 3 is 2.39 bits per heavy atom. The summed E-state index contributed by atoms with van der Waals surface area (Å²) < 4.78 is 1.43. The topological polar surface area (TPSA) is 85.8 Å². The fraction of sp³-hybridized carbons (Fsp3) is 0.812. The van der Waals surface area contributed by atoms with Crippen LogP contribution in [0.3, 0.4) is 0 Å². The van der Waals surface area contributed by atoms with Crippen LogP contribution < -0.4 is 11.2 Å². The van der Waals surface area contributed by atoms with Crippen molar-refractivity contribution in [3.8, 4) is 0 Å². The minimum Gasteiger partial charge on any atom is -0.355 e. The van der Waals surface area contributed by atoms with Crippen LogP contribution in [0.15, 0.2) is 5.16 Å². The van der Waals surface area contributed by atoms with Gasteiger partial charge in [-0.15, -0.1) is 10.2 Å². The molecule has 1 aromatic rings. The maximum atomic E-state index is 12.2. The second kappa shape index (κ2) is 5.69. The van der Waals surface area contributed by atoms with Gasteiger partial charge in [0.15, 0.2) is 0 Å². The van der Waals surface area contributed by atoms with Gasteiger partial charge in [0.1, 0.15) is 5.82 Å². The van der Waals surface area contributed by atoms with E-state index in [2.05, 4.69) is 15.5 Å². The Balaban J connectivity index is 1.29. The van der Waals surface area contributed by atoms with E-state index < -0.39 is 0 Å². The Hall–Kier alpha value is -1.24. The van der Waals surface area contributed by atoms with Crippen LogP contribution in [-0.2, 0) is 4.79 Å². The van der Waals surface area contributed by atoms with Gasteiger partial charge in [-0.2, -0.15) is 0 Å². The standard InChI is InChI=1S/C16H25N5OS/c1-10-19-20-15(21(10)17)23-8-14(22)18-9-16-5-11-2-12(6-16)4-13(3-11)7-16/h11-13H,2-9,17H2,1H3,(H,18,22). The van der Waals surface area contributed by atoms with Gasteiger partial charge in [-0.3, -0.25) is 4.79 Å². The molecule has 0 spiro atoms. The van der Waals surface area contributed by atoms with Crippen LogP contribution in [0, 0.1) is 30.1 Å². The van der Waals surface area contributed by atoms with Gasteiger partial charge < -0.3 is 11.2 Å². The van der Waals surface area contributed by atoms with Gasteiger partial charge in [0.2, 0.25) is 11.1 Å². The van der Waals surface area contributed by atoms with Crippen molar-refractivity contribution in [2.75, 3.05) is 18.1 Å². The SMILES string of the molecule is Cc1nnc(SCC(=O)NCC23CC4CC(CC(C4)C2)C3)n1N. The molecule has 1 aromatic heterocycles. The van der Waals surface area contributed by atoms with Crippen molar-refractivity contribution in [3.63, 3.8) is 0 Å². The van der Waals surface area contributed by atoms with E-state index in [1.807, 2.05) is 0 Å². The number of nitrogens with one attached hydrogen (secondary N) is 1. The van der Waals surface area contributed by atoms with E-state index in [0.29, 0.717) is 22.1 Å². The fourth-order valence-corrected chi connectivity index (χ4v) is 6.15. The van der Waals surface area contributed by atoms with Crippen LogP contribution in [0.2, 0.25) is 0 Å². The smallest absolute Gasteiger partial charge is 0.230 e. The molecule has 0 atom stereocenters. The van der Waals surface area contributed by atoms with Crippen LogP contribution in [0.4, 0.5) is 0 Å². The van der Waals surface area contributed by atoms with Crippen LogP contribution in [0.5, 0.6) is 0 Å². The van der Waals surface area contributed by atoms with Gasteiger partial charge in [-0.25, -0.2) is 4.68 Å². The monoisotopic (exact) mass is 335 g/mol. The quantitative estimate of drug-likeness (QED) is 0.632. The van der Waals surface area contributed by atoms with E-state index in [1.54, 1.807) is 6.92 Å². The van der Waals surface area contributed by atoms with Crippen molar-refractivity contribution in [2.24, 2.45) is 23.2 Å². The fourth-order valence-electron chi connectivity index (χ4n) is 5.42. The number of aromatic nitrogens is 3. The van der Waals surface area contributed by atoms with Crippen LogP contribution in [-0.4, -0.2) is 33.1 Å². The highest BCUT2D eigenvalue weighted by atomic mass is 32.2. The molecule has 3 N–H and O–H groups in total. The van der Waals surface area contributed by atoms with Crippen molar-refractivity contribution in [1.82, 2.24) is 20.2 Å². The average molecular weight is 335 g/mol. The molecule has 4 fully saturated rings. The summed E-state index contributed by atoms with van der Waals surface area (Å²) in [5.41, 5.74) is 0.388. The van der Waals surface area contributed by atoms with E-state index >= 15 is 0 Å². The molecule has 5 rings (SSSR count). The van der Waals surface area contributed by atoms with Crippen molar-refractivity contribution in [3.05, 3.63) is 5.82 Å². The normalized spacial score (nSPS) is 34.7. The largest absolute Gasteiger partial charge is 0.355 e. The summed E-state index contributed by atoms with van der Waals surface area (Å²) in [6.45, 7) is 2.65. The molecule has 4 aliphatic carbocycles. The first-order chi connectivity index (χ1) is 11.0. The van der Waals surface area contributed by atoms with E-state index in [4.69, 9.17) is 5.84 Å². The van der Waals surface area contributed by atoms with Crippen LogP contribution in [0.1, 0.15) is 44.3 Å². The number of nitrogens with zero attached hydrogens (tertiary/aromatic N) is 3. The molecule has 4 saturated carbocycles. The molecular formula is C16H25N5OS. The number of nitrogen functional groups attached to an aromatic ring is 1. The second-order valence-electron chi connectivity index (χ2n) is 7.88. The first-order valence-electron chi connectivity index (χ1n) is 8.60. The molecule has 6 nitrogen and oxygen atoms in total. The lowest BCUT2D eigenvalue weighted by Gasteiger charge is -2.56. The van der Waals surface area contributed by atoms with Crippen LogP contribution >= 0.6 is 11.8 Å². The number of nitrogens with two attached hydrogens (primary N) is 1. The Morgan fingerprint density at radius 2 is 1.87 bits per heavy atom. The lowest BCUT2D eigenvalue weighted by Crippen LogP contribution is -2.51. The van der Waals surface area contributed by atoms with Crippen molar-refractivity contribution in [1.29, 1.82) is 0 Å². The lowest BCUT2D eigenvalue weighted by molar-refractivity contribution is -0.120. The zero-order valence-electron chi connectivity index (χ0n) is 13.6. The summed E-state index contributed by atoms with van der Waals surface area (Å²) in [4.78, 5) is 12.2. The maximum Gasteiger partial charge on any atom is 0.230 e. The molecule has 4 aliphatic rings. The number of hydrogen-bond donors (Lipinski definition) is 2. The molecule has 4 bridgehead atoms. The van der Waals surface area contributed by atoms with Crippen LogP contribution in [0.25, 0.3) is 0 Å². The average Bonchev–Trinajstić information content (AvgIpc) is 2.81. The number of aryl methyl sites for hydroxylation is 1. The van der Waals surface area contributed by atoms with Gasteiger partial charge in [0, 0.05) is 6.54 Å². The second-order valence-corrected chi connectivity index (χ2v) is 8.83. The highest BCUT2D eigenvalue weighted by Crippen LogP contribution is 2.59. The lowest BCUT2D eigenvalue weighted by atomic mass is 9.49. The summed E-state index contributed by atoms with van der Waals surface area (Å²) in [5.74, 6) is 9.65. The predicted molar refractivity (Wildman–Crippen MR) is 89.2 cm³/mol. The summed E-state index contributed by atoms with van der Waals surface area (Å²) in [5, 5.41) is 11.6. The Morgan fingerprint density at radius 1 is 1.26 bits per heavy atom. The van der Waals surface area contributed by atoms with Gasteiger partial charge in [-0.05, 0) is 68.6 Å². The maximum absolute atomic E-state index is 12.2. The molecule has 126 valence electrons. The molecule has 0 radical (unpaired) electrons. The Bertz CT molecular complexity index is 578. The van der Waals surface area contributed by atoms with Crippen molar-refractivity contribution >= 4 is 17.7 Å². The summed E-state index contributed by atoms with van der Waals surface area (Å²) in [7, 11) is 0. The molecular weight excluding hydrogens is 310 g/mol. The molecule has 0 aliphatic heterocycles. The third kappa shape index (κ3) is 2.95. The molecule has 1 heterocycles. The molecule has 1 amide bonds. The number of carbonyl (C=O) groups is 1. The van der Waals surface area contributed by atoms with E-state index in [0.717, 1.165) is 24.3 Å². The molecule has 0 aromatic carbocycles. The molecule has 7 heteroatoms. The first-order valence-corrected chi connectivity index (χ1v) is 9.58. The van der Waals surface area contributed by atoms with Gasteiger partial charge in [0.05, 0.1) is 5.75 Å². The first kappa shape index (κ1) is 15.3. The predicted octanol–water partition coefficient (Wildman–Crippen LogP) is 1.73. The zero-order chi connectivity index (χ0) is 16.0. The number of carbonyl (C=O) groups excluding carboxylic acids is 1. The highest BCUT2D eigenvalue weighted by molar-refractivity contribution is 7.99. The summed E-state index contributed by atoms with van der Waals surface area (Å²) >= 11 is 1.35. The summed E-state index contributed by atoms with van der Waals surface area (Å²) in [6.07, 6.45) is 8.28. The molecule has 0 saturated heterocycles. The minimum absolute atomic E-state index is 0.0754. The van der Waals surface area contributed by atoms with Gasteiger partial charge >= 0.3 is 0 Å². The molecule has 0 unspecified atom stereocenters. The third-order valence-corrected chi connectivity index (χ3v) is 6.94. The summed E-state index contributed by atoms with van der Waals surface area (Å²) in [6, 6.07) is 0. The van der Waals surface area contributed by atoms with E-state index in [-0.39, 0.29) is 5.91 Å². The number of amides is 1. The Labute approximate surface area is 140 Å². The van der Waals surface area contributed by atoms with E-state index in [1.165, 1.54) is 55.0 Å². The molecule has 23 heavy (non-hydrogen) atoms. The number of thioether (sulfide) groups is 1. The van der Waals surface area contributed by atoms with Crippen molar-refractivity contribution < 1.29 is 4.79 Å². The Kier molecular flexibility index (Phi) is 3.78. The van der Waals surface area contributed by atoms with E-state index in [9.17, 15) is 4.79 Å². The highest BCUT2D eigenvalue weighted by Gasteiger charge is 2.50. The minimum atomic E-state index is 0.0754. The number of rotatable bonds is 5. The number of hydrogen-bond acceptors (Lipinski definition) is 5. The third-order valence-electron chi connectivity index (χ3n) is 5.99.